The zero-order valence-corrected chi connectivity index (χ0v) is 12.5. The summed E-state index contributed by atoms with van der Waals surface area (Å²) in [6.07, 6.45) is 4.27. The van der Waals surface area contributed by atoms with Gasteiger partial charge in [0.2, 0.25) is 0 Å². The van der Waals surface area contributed by atoms with Gasteiger partial charge in [0.1, 0.15) is 6.04 Å². The largest absolute Gasteiger partial charge is 0.480 e. The van der Waals surface area contributed by atoms with Crippen molar-refractivity contribution in [1.82, 2.24) is 9.88 Å². The molecule has 106 valence electrons. The molecule has 1 aromatic rings. The van der Waals surface area contributed by atoms with Crippen molar-refractivity contribution in [3.8, 4) is 0 Å². The monoisotopic (exact) mass is 264 g/mol. The first-order valence-electron chi connectivity index (χ1n) is 6.63. The average Bonchev–Trinajstić information content (AvgIpc) is 2.28. The van der Waals surface area contributed by atoms with Gasteiger partial charge in [-0.1, -0.05) is 33.8 Å². The molecule has 4 heteroatoms. The van der Waals surface area contributed by atoms with E-state index in [1.165, 1.54) is 5.56 Å². The van der Waals surface area contributed by atoms with E-state index in [9.17, 15) is 4.79 Å². The highest BCUT2D eigenvalue weighted by Crippen LogP contribution is 2.22. The second-order valence-electron chi connectivity index (χ2n) is 6.01. The molecule has 4 nitrogen and oxygen atoms in total. The lowest BCUT2D eigenvalue weighted by Gasteiger charge is -2.24. The number of carboxylic acids is 1. The second kappa shape index (κ2) is 6.15. The number of carbonyl (C=O) groups is 1. The third-order valence-corrected chi connectivity index (χ3v) is 3.30. The first-order chi connectivity index (χ1) is 8.75. The van der Waals surface area contributed by atoms with Crippen LogP contribution < -0.4 is 0 Å². The second-order valence-corrected chi connectivity index (χ2v) is 6.01. The molecule has 0 aliphatic heterocycles. The lowest BCUT2D eigenvalue weighted by atomic mass is 9.87. The number of aliphatic carboxylic acids is 1. The van der Waals surface area contributed by atoms with Crippen LogP contribution in [0.5, 0.6) is 0 Å². The first kappa shape index (κ1) is 15.6. The highest BCUT2D eigenvalue weighted by molar-refractivity contribution is 5.73. The molecule has 1 N–H and O–H groups in total. The van der Waals surface area contributed by atoms with Gasteiger partial charge in [-0.05, 0) is 30.0 Å². The summed E-state index contributed by atoms with van der Waals surface area (Å²) in [6.45, 7) is 8.91. The molecule has 0 fully saturated rings. The summed E-state index contributed by atoms with van der Waals surface area (Å²) in [4.78, 5) is 17.2. The maximum absolute atomic E-state index is 11.1. The topological polar surface area (TPSA) is 53.4 Å². The molecule has 1 aromatic heterocycles. The summed E-state index contributed by atoms with van der Waals surface area (Å²) >= 11 is 0. The minimum atomic E-state index is -0.773. The minimum absolute atomic E-state index is 0.0541. The Hall–Kier alpha value is -1.42. The van der Waals surface area contributed by atoms with Crippen molar-refractivity contribution < 1.29 is 9.90 Å². The molecule has 0 unspecified atom stereocenters. The maximum atomic E-state index is 11.1. The van der Waals surface area contributed by atoms with E-state index in [1.807, 2.05) is 25.1 Å². The van der Waals surface area contributed by atoms with Crippen LogP contribution in [0.4, 0.5) is 0 Å². The Morgan fingerprint density at radius 3 is 2.53 bits per heavy atom. The van der Waals surface area contributed by atoms with Crippen LogP contribution in [0.1, 0.15) is 45.2 Å². The van der Waals surface area contributed by atoms with E-state index in [0.29, 0.717) is 13.0 Å². The summed E-state index contributed by atoms with van der Waals surface area (Å²) in [5.74, 6) is -0.773. The van der Waals surface area contributed by atoms with E-state index >= 15 is 0 Å². The number of hydrogen-bond donors (Lipinski definition) is 1. The molecule has 0 aromatic carbocycles. The fraction of sp³-hybridized carbons (Fsp3) is 0.600. The molecule has 0 radical (unpaired) electrons. The van der Waals surface area contributed by atoms with Crippen LogP contribution in [0.3, 0.4) is 0 Å². The number of nitrogens with zero attached hydrogens (tertiary/aromatic N) is 2. The smallest absolute Gasteiger partial charge is 0.320 e. The molecule has 0 spiro atoms. The first-order valence-corrected chi connectivity index (χ1v) is 6.63. The number of likely N-dealkylation sites (N-methyl/N-ethyl adjacent to an activating group) is 1. The van der Waals surface area contributed by atoms with Gasteiger partial charge in [-0.25, -0.2) is 0 Å². The fourth-order valence-electron chi connectivity index (χ4n) is 2.06. The average molecular weight is 264 g/mol. The molecule has 1 heterocycles. The van der Waals surface area contributed by atoms with Crippen LogP contribution in [0.2, 0.25) is 0 Å². The lowest BCUT2D eigenvalue weighted by molar-refractivity contribution is -0.143. The molecule has 0 saturated heterocycles. The minimum Gasteiger partial charge on any atom is -0.480 e. The Balaban J connectivity index is 2.85. The molecule has 1 rings (SSSR count). The standard InChI is InChI=1S/C15H24N2O2/c1-6-13(14(18)19)17(5)10-11-7-12(9-16-8-11)15(2,3)4/h7-9,13H,6,10H2,1-5H3,(H,18,19)/t13-/m1/s1. The number of rotatable bonds is 5. The van der Waals surface area contributed by atoms with Crippen molar-refractivity contribution >= 4 is 5.97 Å². The normalized spacial score (nSPS) is 13.6. The van der Waals surface area contributed by atoms with Gasteiger partial charge >= 0.3 is 5.97 Å². The summed E-state index contributed by atoms with van der Waals surface area (Å²) in [5, 5.41) is 9.15. The van der Waals surface area contributed by atoms with Crippen molar-refractivity contribution in [2.75, 3.05) is 7.05 Å². The number of pyridine rings is 1. The molecule has 1 atom stereocenters. The fourth-order valence-corrected chi connectivity index (χ4v) is 2.06. The Morgan fingerprint density at radius 2 is 2.05 bits per heavy atom. The molecule has 0 bridgehead atoms. The van der Waals surface area contributed by atoms with E-state index in [-0.39, 0.29) is 5.41 Å². The van der Waals surface area contributed by atoms with E-state index in [2.05, 4.69) is 31.8 Å². The number of aromatic nitrogens is 1. The highest BCUT2D eigenvalue weighted by Gasteiger charge is 2.21. The van der Waals surface area contributed by atoms with Crippen molar-refractivity contribution in [1.29, 1.82) is 0 Å². The molecular formula is C15H24N2O2. The maximum Gasteiger partial charge on any atom is 0.320 e. The Bertz CT molecular complexity index is 438. The summed E-state index contributed by atoms with van der Waals surface area (Å²) in [5.41, 5.74) is 2.27. The zero-order chi connectivity index (χ0) is 14.6. The molecule has 19 heavy (non-hydrogen) atoms. The predicted octanol–water partition coefficient (Wildman–Crippen LogP) is 2.67. The van der Waals surface area contributed by atoms with Gasteiger partial charge < -0.3 is 5.11 Å². The Morgan fingerprint density at radius 1 is 1.42 bits per heavy atom. The van der Waals surface area contributed by atoms with Crippen LogP contribution >= 0.6 is 0 Å². The lowest BCUT2D eigenvalue weighted by Crippen LogP contribution is -2.37. The Kier molecular flexibility index (Phi) is 5.06. The van der Waals surface area contributed by atoms with Crippen LogP contribution in [0.15, 0.2) is 18.5 Å². The summed E-state index contributed by atoms with van der Waals surface area (Å²) in [7, 11) is 1.84. The van der Waals surface area contributed by atoms with Crippen molar-refractivity contribution in [3.63, 3.8) is 0 Å². The zero-order valence-electron chi connectivity index (χ0n) is 12.5. The number of carboxylic acid groups (broad SMARTS) is 1. The predicted molar refractivity (Wildman–Crippen MR) is 76.1 cm³/mol. The van der Waals surface area contributed by atoms with E-state index in [0.717, 1.165) is 5.56 Å². The van der Waals surface area contributed by atoms with Gasteiger partial charge in [0, 0.05) is 18.9 Å². The van der Waals surface area contributed by atoms with Crippen molar-refractivity contribution in [2.45, 2.75) is 52.1 Å². The number of hydrogen-bond acceptors (Lipinski definition) is 3. The van der Waals surface area contributed by atoms with Crippen molar-refractivity contribution in [2.24, 2.45) is 0 Å². The third kappa shape index (κ3) is 4.31. The van der Waals surface area contributed by atoms with Crippen LogP contribution in [-0.2, 0) is 16.8 Å². The van der Waals surface area contributed by atoms with Crippen molar-refractivity contribution in [3.05, 3.63) is 29.6 Å². The summed E-state index contributed by atoms with van der Waals surface area (Å²) < 4.78 is 0. The van der Waals surface area contributed by atoms with Gasteiger partial charge in [0.25, 0.3) is 0 Å². The molecule has 0 saturated carbocycles. The van der Waals surface area contributed by atoms with Crippen LogP contribution in [0.25, 0.3) is 0 Å². The molecule has 0 amide bonds. The quantitative estimate of drug-likeness (QED) is 0.888. The molecular weight excluding hydrogens is 240 g/mol. The third-order valence-electron chi connectivity index (χ3n) is 3.30. The van der Waals surface area contributed by atoms with Crippen LogP contribution in [-0.4, -0.2) is 34.0 Å². The van der Waals surface area contributed by atoms with Gasteiger partial charge in [-0.3, -0.25) is 14.7 Å². The molecule has 0 aliphatic rings. The van der Waals surface area contributed by atoms with E-state index in [4.69, 9.17) is 5.11 Å². The van der Waals surface area contributed by atoms with Crippen LogP contribution in [0, 0.1) is 0 Å². The highest BCUT2D eigenvalue weighted by atomic mass is 16.4. The van der Waals surface area contributed by atoms with Gasteiger partial charge in [-0.2, -0.15) is 0 Å². The SMILES string of the molecule is CC[C@H](C(=O)O)N(C)Cc1cncc(C(C)(C)C)c1. The van der Waals surface area contributed by atoms with E-state index in [1.54, 1.807) is 6.20 Å². The summed E-state index contributed by atoms with van der Waals surface area (Å²) in [6, 6.07) is 1.66. The van der Waals surface area contributed by atoms with Gasteiger partial charge in [0.05, 0.1) is 0 Å². The van der Waals surface area contributed by atoms with Gasteiger partial charge in [-0.15, -0.1) is 0 Å². The Labute approximate surface area is 115 Å². The van der Waals surface area contributed by atoms with E-state index < -0.39 is 12.0 Å². The van der Waals surface area contributed by atoms with Gasteiger partial charge in [0.15, 0.2) is 0 Å². The molecule has 0 aliphatic carbocycles.